The number of halogens is 1. The van der Waals surface area contributed by atoms with Crippen LogP contribution in [-0.4, -0.2) is 10.8 Å². The molecule has 0 aliphatic rings. The maximum Gasteiger partial charge on any atom is 0.0544 e. The van der Waals surface area contributed by atoms with Gasteiger partial charge in [0.05, 0.1) is 5.02 Å². The third-order valence-electron chi connectivity index (χ3n) is 1.97. The largest absolute Gasteiger partial charge is 0.328 e. The van der Waals surface area contributed by atoms with Crippen molar-refractivity contribution in [2.24, 2.45) is 5.73 Å². The molecule has 0 aliphatic heterocycles. The van der Waals surface area contributed by atoms with E-state index in [1.807, 2.05) is 13.0 Å². The van der Waals surface area contributed by atoms with Crippen LogP contribution in [0.5, 0.6) is 0 Å². The highest BCUT2D eigenvalue weighted by Crippen LogP contribution is 2.36. The highest BCUT2D eigenvalue weighted by molar-refractivity contribution is 8.00. The molecule has 16 heavy (non-hydrogen) atoms. The van der Waals surface area contributed by atoms with E-state index < -0.39 is 0 Å². The van der Waals surface area contributed by atoms with Crippen molar-refractivity contribution in [3.63, 3.8) is 0 Å². The molecule has 0 aromatic heterocycles. The van der Waals surface area contributed by atoms with Gasteiger partial charge in [0.2, 0.25) is 0 Å². The van der Waals surface area contributed by atoms with Gasteiger partial charge in [-0.25, -0.2) is 0 Å². The lowest BCUT2D eigenvalue weighted by Crippen LogP contribution is -2.17. The van der Waals surface area contributed by atoms with Crippen LogP contribution in [0.1, 0.15) is 33.3 Å². The second-order valence-corrected chi connectivity index (χ2v) is 7.44. The van der Waals surface area contributed by atoms with E-state index in [-0.39, 0.29) is 10.8 Å². The molecule has 90 valence electrons. The maximum atomic E-state index is 6.26. The minimum Gasteiger partial charge on any atom is -0.328 e. The quantitative estimate of drug-likeness (QED) is 0.825. The number of nitrogens with two attached hydrogens (primary N) is 1. The molecular formula is C13H20ClNS. The van der Waals surface area contributed by atoms with Gasteiger partial charge in [-0.2, -0.15) is 0 Å². The number of thioether (sulfide) groups is 1. The molecule has 0 bridgehead atoms. The molecule has 1 unspecified atom stereocenters. The van der Waals surface area contributed by atoms with Gasteiger partial charge >= 0.3 is 0 Å². The predicted octanol–water partition coefficient (Wildman–Crippen LogP) is 4.12. The van der Waals surface area contributed by atoms with Gasteiger partial charge in [-0.3, -0.25) is 0 Å². The molecule has 0 amide bonds. The molecule has 1 nitrogen and oxygen atoms in total. The highest BCUT2D eigenvalue weighted by atomic mass is 35.5. The molecule has 0 fully saturated rings. The smallest absolute Gasteiger partial charge is 0.0544 e. The summed E-state index contributed by atoms with van der Waals surface area (Å²) in [5.41, 5.74) is 6.97. The second kappa shape index (κ2) is 5.44. The summed E-state index contributed by atoms with van der Waals surface area (Å²) in [5.74, 6) is 0. The second-order valence-electron chi connectivity index (χ2n) is 5.16. The first kappa shape index (κ1) is 13.9. The van der Waals surface area contributed by atoms with Crippen molar-refractivity contribution in [2.45, 2.75) is 49.8 Å². The Morgan fingerprint density at radius 1 is 1.38 bits per heavy atom. The van der Waals surface area contributed by atoms with Gasteiger partial charge in [0.25, 0.3) is 0 Å². The first-order valence-electron chi connectivity index (χ1n) is 5.51. The Morgan fingerprint density at radius 3 is 2.44 bits per heavy atom. The van der Waals surface area contributed by atoms with Gasteiger partial charge in [-0.15, -0.1) is 11.8 Å². The van der Waals surface area contributed by atoms with Crippen molar-refractivity contribution in [3.05, 3.63) is 28.8 Å². The topological polar surface area (TPSA) is 26.0 Å². The van der Waals surface area contributed by atoms with Gasteiger partial charge in [-0.05, 0) is 31.0 Å². The van der Waals surface area contributed by atoms with Crippen molar-refractivity contribution >= 4 is 23.4 Å². The normalized spacial score (nSPS) is 13.9. The number of hydrogen-bond acceptors (Lipinski definition) is 2. The van der Waals surface area contributed by atoms with Crippen LogP contribution in [0.15, 0.2) is 23.1 Å². The van der Waals surface area contributed by atoms with Crippen LogP contribution in [0.3, 0.4) is 0 Å². The van der Waals surface area contributed by atoms with E-state index in [4.69, 9.17) is 17.3 Å². The Labute approximate surface area is 108 Å². The fourth-order valence-corrected chi connectivity index (χ4v) is 2.73. The molecule has 0 saturated carbocycles. The van der Waals surface area contributed by atoms with Crippen molar-refractivity contribution < 1.29 is 0 Å². The van der Waals surface area contributed by atoms with E-state index in [0.29, 0.717) is 0 Å². The summed E-state index contributed by atoms with van der Waals surface area (Å²) in [7, 11) is 0. The Bertz CT molecular complexity index is 355. The summed E-state index contributed by atoms with van der Waals surface area (Å²) in [6.45, 7) is 8.56. The van der Waals surface area contributed by atoms with Gasteiger partial charge in [0, 0.05) is 15.7 Å². The highest BCUT2D eigenvalue weighted by Gasteiger charge is 2.14. The van der Waals surface area contributed by atoms with Crippen LogP contribution in [-0.2, 0) is 6.42 Å². The molecule has 1 aromatic carbocycles. The molecule has 1 aromatic rings. The third kappa shape index (κ3) is 4.77. The fraction of sp³-hybridized carbons (Fsp3) is 0.538. The van der Waals surface area contributed by atoms with Crippen LogP contribution in [0, 0.1) is 0 Å². The van der Waals surface area contributed by atoms with Gasteiger partial charge in [-0.1, -0.05) is 38.4 Å². The average Bonchev–Trinajstić information content (AvgIpc) is 2.06. The monoisotopic (exact) mass is 257 g/mol. The van der Waals surface area contributed by atoms with E-state index in [1.165, 1.54) is 5.56 Å². The number of rotatable bonds is 3. The first-order chi connectivity index (χ1) is 7.28. The summed E-state index contributed by atoms with van der Waals surface area (Å²) in [4.78, 5) is 1.14. The van der Waals surface area contributed by atoms with Crippen molar-refractivity contribution in [2.75, 3.05) is 0 Å². The Balaban J connectivity index is 2.83. The summed E-state index contributed by atoms with van der Waals surface area (Å²) in [6, 6.07) is 6.41. The summed E-state index contributed by atoms with van der Waals surface area (Å²) in [6.07, 6.45) is 0.875. The molecule has 3 heteroatoms. The Kier molecular flexibility index (Phi) is 4.72. The summed E-state index contributed by atoms with van der Waals surface area (Å²) in [5, 5.41) is 0.832. The molecule has 2 N–H and O–H groups in total. The minimum atomic E-state index is 0.178. The van der Waals surface area contributed by atoms with E-state index >= 15 is 0 Å². The zero-order valence-corrected chi connectivity index (χ0v) is 12.0. The van der Waals surface area contributed by atoms with E-state index in [1.54, 1.807) is 11.8 Å². The molecule has 1 rings (SSSR count). The lowest BCUT2D eigenvalue weighted by atomic mass is 10.1. The van der Waals surface area contributed by atoms with Gasteiger partial charge in [0.1, 0.15) is 0 Å². The molecule has 1 atom stereocenters. The molecule has 0 radical (unpaired) electrons. The molecule has 0 spiro atoms. The van der Waals surface area contributed by atoms with Gasteiger partial charge in [0.15, 0.2) is 0 Å². The maximum absolute atomic E-state index is 6.26. The predicted molar refractivity (Wildman–Crippen MR) is 74.4 cm³/mol. The van der Waals surface area contributed by atoms with E-state index in [0.717, 1.165) is 16.3 Å². The lowest BCUT2D eigenvalue weighted by Gasteiger charge is -2.19. The third-order valence-corrected chi connectivity index (χ3v) is 3.58. The number of benzene rings is 1. The van der Waals surface area contributed by atoms with Crippen molar-refractivity contribution in [1.29, 1.82) is 0 Å². The summed E-state index contributed by atoms with van der Waals surface area (Å²) < 4.78 is 0.187. The van der Waals surface area contributed by atoms with Crippen molar-refractivity contribution in [3.8, 4) is 0 Å². The average molecular weight is 258 g/mol. The Morgan fingerprint density at radius 2 is 2.00 bits per heavy atom. The first-order valence-corrected chi connectivity index (χ1v) is 6.70. The van der Waals surface area contributed by atoms with E-state index in [9.17, 15) is 0 Å². The molecule has 0 heterocycles. The van der Waals surface area contributed by atoms with Crippen molar-refractivity contribution in [1.82, 2.24) is 0 Å². The van der Waals surface area contributed by atoms with Crippen LogP contribution in [0.2, 0.25) is 5.02 Å². The molecule has 0 saturated heterocycles. The van der Waals surface area contributed by atoms with E-state index in [2.05, 4.69) is 32.9 Å². The zero-order chi connectivity index (χ0) is 12.3. The van der Waals surface area contributed by atoms with Crippen LogP contribution in [0.4, 0.5) is 0 Å². The fourth-order valence-electron chi connectivity index (χ4n) is 1.46. The van der Waals surface area contributed by atoms with Crippen LogP contribution in [0.25, 0.3) is 0 Å². The minimum absolute atomic E-state index is 0.178. The lowest BCUT2D eigenvalue weighted by molar-refractivity contribution is 0.737. The van der Waals surface area contributed by atoms with Gasteiger partial charge < -0.3 is 5.73 Å². The Hall–Kier alpha value is -0.180. The van der Waals surface area contributed by atoms with Crippen LogP contribution < -0.4 is 5.73 Å². The summed E-state index contributed by atoms with van der Waals surface area (Å²) >= 11 is 8.05. The number of hydrogen-bond donors (Lipinski definition) is 1. The van der Waals surface area contributed by atoms with Crippen LogP contribution >= 0.6 is 23.4 Å². The zero-order valence-electron chi connectivity index (χ0n) is 10.4. The molecular weight excluding hydrogens is 238 g/mol. The molecule has 0 aliphatic carbocycles. The SMILES string of the molecule is CC(N)Cc1ccc(SC(C)(C)C)c(Cl)c1. The standard InChI is InChI=1S/C13H20ClNS/c1-9(15)7-10-5-6-12(11(14)8-10)16-13(2,3)4/h5-6,8-9H,7,15H2,1-4H3.